The summed E-state index contributed by atoms with van der Waals surface area (Å²) >= 11 is 0. The van der Waals surface area contributed by atoms with Gasteiger partial charge in [-0.2, -0.15) is 26.3 Å². The topological polar surface area (TPSA) is 35.6 Å². The van der Waals surface area contributed by atoms with Crippen LogP contribution in [0.3, 0.4) is 0 Å². The van der Waals surface area contributed by atoms with Crippen LogP contribution in [0.5, 0.6) is 0 Å². The molecule has 9 aromatic carbocycles. The molecule has 3 heterocycles. The van der Waals surface area contributed by atoms with Crippen molar-refractivity contribution in [3.05, 3.63) is 230 Å². The number of fused-ring (bicyclic) bond motifs is 6. The standard InChI is InChI=1S/C60H36F6N4/c61-59(62,63)42-31-41(32-43(35-42)60(64,65)66)39-28-30-56-49(33-39)47-22-10-14-26-55(47)70(56)57-34-40(51-36-50(37-15-3-1-4-16-37)67-58(68-51)38-17-5-2-6-18-38)27-29-48(57)46-21-9-13-25-54(46)69-52-23-11-7-19-44(52)45-20-8-12-24-53(45)69/h1-36H. The fourth-order valence-corrected chi connectivity index (χ4v) is 9.78. The summed E-state index contributed by atoms with van der Waals surface area (Å²) in [4.78, 5) is 10.2. The molecule has 0 radical (unpaired) electrons. The van der Waals surface area contributed by atoms with Gasteiger partial charge in [-0.05, 0) is 77.9 Å². The third-order valence-corrected chi connectivity index (χ3v) is 13.0. The minimum absolute atomic E-state index is 0.156. The van der Waals surface area contributed by atoms with Gasteiger partial charge in [0.15, 0.2) is 5.82 Å². The lowest BCUT2D eigenvalue weighted by atomic mass is 9.97. The van der Waals surface area contributed by atoms with Gasteiger partial charge in [0.25, 0.3) is 0 Å². The second kappa shape index (κ2) is 16.5. The molecule has 0 aliphatic rings. The molecule has 0 saturated carbocycles. The fraction of sp³-hybridized carbons (Fsp3) is 0.0333. The van der Waals surface area contributed by atoms with Gasteiger partial charge in [0.05, 0.1) is 56.0 Å². The van der Waals surface area contributed by atoms with Crippen LogP contribution in [0, 0.1) is 0 Å². The first-order chi connectivity index (χ1) is 34.0. The highest BCUT2D eigenvalue weighted by atomic mass is 19.4. The van der Waals surface area contributed by atoms with Crippen molar-refractivity contribution in [2.75, 3.05) is 0 Å². The van der Waals surface area contributed by atoms with E-state index in [2.05, 4.69) is 63.7 Å². The predicted molar refractivity (Wildman–Crippen MR) is 268 cm³/mol. The van der Waals surface area contributed by atoms with Crippen molar-refractivity contribution in [3.63, 3.8) is 0 Å². The molecule has 0 aliphatic carbocycles. The van der Waals surface area contributed by atoms with Gasteiger partial charge >= 0.3 is 12.4 Å². The van der Waals surface area contributed by atoms with E-state index in [-0.39, 0.29) is 17.2 Å². The molecule has 12 rings (SSSR count). The minimum Gasteiger partial charge on any atom is -0.309 e. The predicted octanol–water partition coefficient (Wildman–Crippen LogP) is 17.0. The van der Waals surface area contributed by atoms with Crippen LogP contribution in [-0.4, -0.2) is 19.1 Å². The fourth-order valence-electron chi connectivity index (χ4n) is 9.78. The maximum Gasteiger partial charge on any atom is 0.416 e. The number of hydrogen-bond acceptors (Lipinski definition) is 2. The van der Waals surface area contributed by atoms with E-state index in [1.165, 1.54) is 0 Å². The van der Waals surface area contributed by atoms with Gasteiger partial charge in [-0.15, -0.1) is 0 Å². The van der Waals surface area contributed by atoms with Crippen LogP contribution in [0.2, 0.25) is 0 Å². The summed E-state index contributed by atoms with van der Waals surface area (Å²) in [6.45, 7) is 0. The molecule has 0 amide bonds. The molecule has 338 valence electrons. The monoisotopic (exact) mass is 926 g/mol. The Kier molecular flexibility index (Phi) is 10.0. The molecule has 10 heteroatoms. The van der Waals surface area contributed by atoms with E-state index >= 15 is 0 Å². The summed E-state index contributed by atoms with van der Waals surface area (Å²) in [5.41, 5.74) is 8.23. The lowest BCUT2D eigenvalue weighted by Crippen LogP contribution is -2.11. The zero-order valence-corrected chi connectivity index (χ0v) is 36.8. The number of aromatic nitrogens is 4. The number of nitrogens with zero attached hydrogens (tertiary/aromatic N) is 4. The summed E-state index contributed by atoms with van der Waals surface area (Å²) in [5, 5.41) is 3.62. The minimum atomic E-state index is -5.00. The highest BCUT2D eigenvalue weighted by Gasteiger charge is 2.37. The molecule has 0 atom stereocenters. The van der Waals surface area contributed by atoms with Crippen LogP contribution >= 0.6 is 0 Å². The molecule has 0 N–H and O–H groups in total. The molecule has 0 fully saturated rings. The number of benzene rings is 9. The highest BCUT2D eigenvalue weighted by Crippen LogP contribution is 2.44. The van der Waals surface area contributed by atoms with Gasteiger partial charge in [-0.1, -0.05) is 152 Å². The molecule has 0 bridgehead atoms. The van der Waals surface area contributed by atoms with Gasteiger partial charge in [0.1, 0.15) is 0 Å². The maximum absolute atomic E-state index is 14.1. The summed E-state index contributed by atoms with van der Waals surface area (Å²) in [6, 6.07) is 67.3. The van der Waals surface area contributed by atoms with Crippen LogP contribution in [0.4, 0.5) is 26.3 Å². The van der Waals surface area contributed by atoms with E-state index in [4.69, 9.17) is 9.97 Å². The smallest absolute Gasteiger partial charge is 0.309 e. The number of hydrogen-bond donors (Lipinski definition) is 0. The van der Waals surface area contributed by atoms with Gasteiger partial charge in [0, 0.05) is 49.4 Å². The molecule has 0 saturated heterocycles. The van der Waals surface area contributed by atoms with Crippen LogP contribution in [0.15, 0.2) is 218 Å². The largest absolute Gasteiger partial charge is 0.416 e. The number of rotatable bonds is 7. The van der Waals surface area contributed by atoms with Gasteiger partial charge in [-0.3, -0.25) is 0 Å². The molecule has 0 spiro atoms. The van der Waals surface area contributed by atoms with Crippen LogP contribution < -0.4 is 0 Å². The van der Waals surface area contributed by atoms with Crippen molar-refractivity contribution in [1.82, 2.24) is 19.1 Å². The average molecular weight is 927 g/mol. The summed E-state index contributed by atoms with van der Waals surface area (Å²) < 4.78 is 89.3. The van der Waals surface area contributed by atoms with Crippen molar-refractivity contribution in [1.29, 1.82) is 0 Å². The van der Waals surface area contributed by atoms with Crippen molar-refractivity contribution >= 4 is 43.6 Å². The molecule has 3 aromatic heterocycles. The summed E-state index contributed by atoms with van der Waals surface area (Å²) in [6.07, 6.45) is -10.00. The van der Waals surface area contributed by atoms with Crippen LogP contribution in [0.1, 0.15) is 11.1 Å². The second-order valence-corrected chi connectivity index (χ2v) is 17.2. The summed E-state index contributed by atoms with van der Waals surface area (Å²) in [7, 11) is 0. The maximum atomic E-state index is 14.1. The Morgan fingerprint density at radius 2 is 0.757 bits per heavy atom. The lowest BCUT2D eigenvalue weighted by Gasteiger charge is -2.20. The molecular weight excluding hydrogens is 891 g/mol. The quantitative estimate of drug-likeness (QED) is 0.149. The molecule has 0 unspecified atom stereocenters. The van der Waals surface area contributed by atoms with Crippen molar-refractivity contribution < 1.29 is 26.3 Å². The number of halogens is 6. The Balaban J connectivity index is 1.14. The first-order valence-corrected chi connectivity index (χ1v) is 22.5. The zero-order valence-electron chi connectivity index (χ0n) is 36.8. The SMILES string of the molecule is FC(F)(F)c1cc(-c2ccc3c(c2)c2ccccc2n3-c2cc(-c3cc(-c4ccccc4)nc(-c4ccccc4)n3)ccc2-c2ccccc2-n2c3ccccc3c3ccccc32)cc(C(F)(F)F)c1. The van der Waals surface area contributed by atoms with Crippen molar-refractivity contribution in [2.45, 2.75) is 12.4 Å². The van der Waals surface area contributed by atoms with E-state index in [0.717, 1.165) is 89.7 Å². The molecule has 4 nitrogen and oxygen atoms in total. The molecule has 12 aromatic rings. The van der Waals surface area contributed by atoms with E-state index in [9.17, 15) is 26.3 Å². The van der Waals surface area contributed by atoms with Crippen LogP contribution in [0.25, 0.3) is 111 Å². The normalized spacial score (nSPS) is 12.1. The van der Waals surface area contributed by atoms with E-state index in [0.29, 0.717) is 22.4 Å². The van der Waals surface area contributed by atoms with Gasteiger partial charge in [0.2, 0.25) is 0 Å². The molecular formula is C60H36F6N4. The Labute approximate surface area is 397 Å². The average Bonchev–Trinajstić information content (AvgIpc) is 3.91. The van der Waals surface area contributed by atoms with Crippen LogP contribution in [-0.2, 0) is 12.4 Å². The zero-order chi connectivity index (χ0) is 47.7. The second-order valence-electron chi connectivity index (χ2n) is 17.2. The first kappa shape index (κ1) is 42.6. The van der Waals surface area contributed by atoms with E-state index in [1.807, 2.05) is 127 Å². The Morgan fingerprint density at radius 1 is 0.300 bits per heavy atom. The molecule has 0 aliphatic heterocycles. The van der Waals surface area contributed by atoms with Crippen molar-refractivity contribution in [3.8, 4) is 67.5 Å². The van der Waals surface area contributed by atoms with Crippen molar-refractivity contribution in [2.24, 2.45) is 0 Å². The Hall–Kier alpha value is -8.76. The third kappa shape index (κ3) is 7.36. The summed E-state index contributed by atoms with van der Waals surface area (Å²) in [5.74, 6) is 0.548. The Morgan fingerprint density at radius 3 is 1.36 bits per heavy atom. The third-order valence-electron chi connectivity index (χ3n) is 13.0. The highest BCUT2D eigenvalue weighted by molar-refractivity contribution is 6.12. The first-order valence-electron chi connectivity index (χ1n) is 22.5. The molecule has 70 heavy (non-hydrogen) atoms. The van der Waals surface area contributed by atoms with Gasteiger partial charge < -0.3 is 9.13 Å². The number of para-hydroxylation sites is 4. The van der Waals surface area contributed by atoms with Gasteiger partial charge in [-0.25, -0.2) is 9.97 Å². The van der Waals surface area contributed by atoms with E-state index < -0.39 is 23.5 Å². The Bertz CT molecular complexity index is 3840. The lowest BCUT2D eigenvalue weighted by molar-refractivity contribution is -0.143. The number of alkyl halides is 6. The van der Waals surface area contributed by atoms with E-state index in [1.54, 1.807) is 18.2 Å².